The molecule has 0 aliphatic rings. The first-order chi connectivity index (χ1) is 10.6. The van der Waals surface area contributed by atoms with Crippen molar-refractivity contribution in [3.8, 4) is 6.07 Å². The van der Waals surface area contributed by atoms with Crippen molar-refractivity contribution in [2.45, 2.75) is 19.8 Å². The molecule has 3 aromatic rings. The molecule has 5 heteroatoms. The largest absolute Gasteiger partial charge is 0.464 e. The SMILES string of the molecule is Cc1cc(C)nc(C(C#N)C(=O)c2coc3ccccc23)n1. The van der Waals surface area contributed by atoms with Crippen molar-refractivity contribution < 1.29 is 9.21 Å². The Morgan fingerprint density at radius 2 is 1.91 bits per heavy atom. The van der Waals surface area contributed by atoms with E-state index in [1.165, 1.54) is 6.26 Å². The van der Waals surface area contributed by atoms with Crippen molar-refractivity contribution in [1.29, 1.82) is 5.26 Å². The third-order valence-corrected chi connectivity index (χ3v) is 3.40. The molecular formula is C17H13N3O2. The molecule has 0 radical (unpaired) electrons. The third kappa shape index (κ3) is 2.35. The maximum atomic E-state index is 12.7. The van der Waals surface area contributed by atoms with Crippen LogP contribution in [0, 0.1) is 25.2 Å². The molecule has 2 aromatic heterocycles. The summed E-state index contributed by atoms with van der Waals surface area (Å²) in [5, 5.41) is 10.1. The highest BCUT2D eigenvalue weighted by Gasteiger charge is 2.27. The number of nitriles is 1. The number of carbonyl (C=O) groups excluding carboxylic acids is 1. The fourth-order valence-electron chi connectivity index (χ4n) is 2.44. The van der Waals surface area contributed by atoms with Crippen molar-refractivity contribution >= 4 is 16.8 Å². The van der Waals surface area contributed by atoms with Gasteiger partial charge in [0.2, 0.25) is 0 Å². The lowest BCUT2D eigenvalue weighted by Crippen LogP contribution is -2.15. The maximum Gasteiger partial charge on any atom is 0.191 e. The number of hydrogen-bond donors (Lipinski definition) is 0. The summed E-state index contributed by atoms with van der Waals surface area (Å²) < 4.78 is 5.38. The summed E-state index contributed by atoms with van der Waals surface area (Å²) in [6.45, 7) is 3.62. The lowest BCUT2D eigenvalue weighted by Gasteiger charge is -2.07. The van der Waals surface area contributed by atoms with E-state index in [1.54, 1.807) is 18.2 Å². The minimum absolute atomic E-state index is 0.232. The molecule has 0 bridgehead atoms. The van der Waals surface area contributed by atoms with E-state index in [-0.39, 0.29) is 11.6 Å². The summed E-state index contributed by atoms with van der Waals surface area (Å²) >= 11 is 0. The second kappa shape index (κ2) is 5.41. The lowest BCUT2D eigenvalue weighted by atomic mass is 9.97. The summed E-state index contributed by atoms with van der Waals surface area (Å²) in [7, 11) is 0. The Morgan fingerprint density at radius 1 is 1.23 bits per heavy atom. The van der Waals surface area contributed by atoms with Crippen molar-refractivity contribution in [2.24, 2.45) is 0 Å². The highest BCUT2D eigenvalue weighted by molar-refractivity contribution is 6.10. The van der Waals surface area contributed by atoms with Gasteiger partial charge in [-0.3, -0.25) is 4.79 Å². The predicted octanol–water partition coefficient (Wildman–Crippen LogP) is 3.33. The number of para-hydroxylation sites is 1. The van der Waals surface area contributed by atoms with Crippen LogP contribution in [-0.4, -0.2) is 15.8 Å². The Morgan fingerprint density at radius 3 is 2.59 bits per heavy atom. The lowest BCUT2D eigenvalue weighted by molar-refractivity contribution is 0.0977. The zero-order chi connectivity index (χ0) is 15.7. The second-order valence-electron chi connectivity index (χ2n) is 5.08. The van der Waals surface area contributed by atoms with Crippen molar-refractivity contribution in [3.63, 3.8) is 0 Å². The molecule has 3 rings (SSSR count). The van der Waals surface area contributed by atoms with Crippen LogP contribution in [0.2, 0.25) is 0 Å². The molecule has 1 atom stereocenters. The molecular weight excluding hydrogens is 278 g/mol. The number of nitrogens with zero attached hydrogens (tertiary/aromatic N) is 3. The van der Waals surface area contributed by atoms with Gasteiger partial charge in [0, 0.05) is 16.8 Å². The number of hydrogen-bond acceptors (Lipinski definition) is 5. The van der Waals surface area contributed by atoms with E-state index in [9.17, 15) is 10.1 Å². The maximum absolute atomic E-state index is 12.7. The van der Waals surface area contributed by atoms with Gasteiger partial charge in [-0.1, -0.05) is 18.2 Å². The fourth-order valence-corrected chi connectivity index (χ4v) is 2.44. The summed E-state index contributed by atoms with van der Waals surface area (Å²) in [5.74, 6) is -1.16. The Bertz CT molecular complexity index is 885. The van der Waals surface area contributed by atoms with Gasteiger partial charge < -0.3 is 4.42 Å². The molecule has 0 saturated carbocycles. The number of fused-ring (bicyclic) bond motifs is 1. The highest BCUT2D eigenvalue weighted by Crippen LogP contribution is 2.26. The number of rotatable bonds is 3. The van der Waals surface area contributed by atoms with Gasteiger partial charge in [-0.05, 0) is 26.0 Å². The molecule has 0 fully saturated rings. The molecule has 1 unspecified atom stereocenters. The van der Waals surface area contributed by atoms with Crippen molar-refractivity contribution in [3.05, 3.63) is 59.4 Å². The highest BCUT2D eigenvalue weighted by atomic mass is 16.3. The van der Waals surface area contributed by atoms with Crippen LogP contribution < -0.4 is 0 Å². The number of ketones is 1. The molecule has 2 heterocycles. The van der Waals surface area contributed by atoms with Gasteiger partial charge in [0.15, 0.2) is 17.5 Å². The van der Waals surface area contributed by atoms with E-state index < -0.39 is 5.92 Å². The third-order valence-electron chi connectivity index (χ3n) is 3.40. The van der Waals surface area contributed by atoms with Gasteiger partial charge in [0.1, 0.15) is 11.8 Å². The van der Waals surface area contributed by atoms with Crippen LogP contribution in [0.4, 0.5) is 0 Å². The molecule has 0 aliphatic carbocycles. The van der Waals surface area contributed by atoms with E-state index in [1.807, 2.05) is 32.0 Å². The van der Waals surface area contributed by atoms with Crippen LogP contribution >= 0.6 is 0 Å². The van der Waals surface area contributed by atoms with Gasteiger partial charge in [-0.25, -0.2) is 9.97 Å². The summed E-state index contributed by atoms with van der Waals surface area (Å²) in [6.07, 6.45) is 1.39. The average molecular weight is 291 g/mol. The van der Waals surface area contributed by atoms with Gasteiger partial charge in [-0.15, -0.1) is 0 Å². The first-order valence-electron chi connectivity index (χ1n) is 6.82. The Kier molecular flexibility index (Phi) is 3.43. The standard InChI is InChI=1S/C17H13N3O2/c1-10-7-11(2)20-17(19-10)13(8-18)16(21)14-9-22-15-6-4-3-5-12(14)15/h3-7,9,13H,1-2H3. The molecule has 5 nitrogen and oxygen atoms in total. The topological polar surface area (TPSA) is 79.8 Å². The molecule has 22 heavy (non-hydrogen) atoms. The van der Waals surface area contributed by atoms with E-state index in [2.05, 4.69) is 9.97 Å². The molecule has 0 spiro atoms. The number of aryl methyl sites for hydroxylation is 2. The van der Waals surface area contributed by atoms with Crippen LogP contribution in [-0.2, 0) is 0 Å². The number of Topliss-reactive ketones (excluding diaryl/α,β-unsaturated/α-hetero) is 1. The van der Waals surface area contributed by atoms with E-state index in [0.717, 1.165) is 11.4 Å². The predicted molar refractivity (Wildman–Crippen MR) is 80.4 cm³/mol. The first kappa shape index (κ1) is 14.0. The minimum Gasteiger partial charge on any atom is -0.464 e. The molecule has 1 aromatic carbocycles. The van der Waals surface area contributed by atoms with Crippen LogP contribution in [0.5, 0.6) is 0 Å². The normalized spacial score (nSPS) is 12.0. The number of aromatic nitrogens is 2. The quantitative estimate of drug-likeness (QED) is 0.691. The number of carbonyl (C=O) groups is 1. The Labute approximate surface area is 127 Å². The van der Waals surface area contributed by atoms with Gasteiger partial charge >= 0.3 is 0 Å². The number of benzene rings is 1. The molecule has 108 valence electrons. The average Bonchev–Trinajstić information content (AvgIpc) is 2.90. The van der Waals surface area contributed by atoms with E-state index in [4.69, 9.17) is 4.42 Å². The Hall–Kier alpha value is -3.00. The smallest absolute Gasteiger partial charge is 0.191 e. The summed E-state index contributed by atoms with van der Waals surface area (Å²) in [6, 6.07) is 11.0. The fraction of sp³-hybridized carbons (Fsp3) is 0.176. The van der Waals surface area contributed by atoms with Crippen LogP contribution in [0.15, 0.2) is 41.0 Å². The summed E-state index contributed by atoms with van der Waals surface area (Å²) in [4.78, 5) is 21.2. The minimum atomic E-state index is -1.04. The first-order valence-corrected chi connectivity index (χ1v) is 6.82. The van der Waals surface area contributed by atoms with E-state index in [0.29, 0.717) is 16.5 Å². The van der Waals surface area contributed by atoms with Crippen molar-refractivity contribution in [1.82, 2.24) is 9.97 Å². The monoisotopic (exact) mass is 291 g/mol. The summed E-state index contributed by atoms with van der Waals surface area (Å²) in [5.41, 5.74) is 2.45. The molecule has 0 amide bonds. The van der Waals surface area contributed by atoms with Crippen LogP contribution in [0.1, 0.15) is 33.5 Å². The van der Waals surface area contributed by atoms with Crippen LogP contribution in [0.3, 0.4) is 0 Å². The van der Waals surface area contributed by atoms with Gasteiger partial charge in [0.25, 0.3) is 0 Å². The Balaban J connectivity index is 2.07. The second-order valence-corrected chi connectivity index (χ2v) is 5.08. The van der Waals surface area contributed by atoms with Gasteiger partial charge in [0.05, 0.1) is 11.6 Å². The zero-order valence-electron chi connectivity index (χ0n) is 12.2. The zero-order valence-corrected chi connectivity index (χ0v) is 12.2. The number of furan rings is 1. The molecule has 0 N–H and O–H groups in total. The molecule has 0 aliphatic heterocycles. The van der Waals surface area contributed by atoms with Gasteiger partial charge in [-0.2, -0.15) is 5.26 Å². The van der Waals surface area contributed by atoms with E-state index >= 15 is 0 Å². The van der Waals surface area contributed by atoms with Crippen LogP contribution in [0.25, 0.3) is 11.0 Å². The molecule has 0 saturated heterocycles. The van der Waals surface area contributed by atoms with Crippen molar-refractivity contribution in [2.75, 3.05) is 0 Å².